The summed E-state index contributed by atoms with van der Waals surface area (Å²) in [6.07, 6.45) is 0.966. The Morgan fingerprint density at radius 3 is 2.66 bits per heavy atom. The number of anilines is 1. The lowest BCUT2D eigenvalue weighted by Gasteiger charge is -2.26. The van der Waals surface area contributed by atoms with Gasteiger partial charge < -0.3 is 10.2 Å². The number of ketones is 1. The number of aromatic nitrogens is 1. The smallest absolute Gasteiger partial charge is 0.254 e. The van der Waals surface area contributed by atoms with Crippen molar-refractivity contribution < 1.29 is 14.4 Å². The molecule has 0 radical (unpaired) electrons. The Balaban J connectivity index is 1.34. The zero-order chi connectivity index (χ0) is 20.2. The first-order chi connectivity index (χ1) is 14.1. The van der Waals surface area contributed by atoms with Crippen LogP contribution in [0.3, 0.4) is 0 Å². The molecule has 8 heteroatoms. The molecule has 1 aromatic carbocycles. The molecule has 1 N–H and O–H groups in total. The Labute approximate surface area is 176 Å². The van der Waals surface area contributed by atoms with Crippen molar-refractivity contribution in [2.45, 2.75) is 25.8 Å². The molecule has 0 saturated heterocycles. The van der Waals surface area contributed by atoms with Crippen molar-refractivity contribution in [3.8, 4) is 0 Å². The molecule has 1 aliphatic rings. The van der Waals surface area contributed by atoms with Crippen molar-refractivity contribution in [1.82, 2.24) is 9.88 Å². The minimum Gasteiger partial charge on any atom is -0.333 e. The standard InChI is InChI=1S/C21H19N3O3S2/c25-16(17-7-4-12-28-17)8-9-19(26)23-21-22-15-10-11-24(13-18(15)29-21)20(27)14-5-2-1-3-6-14/h1-7,12H,8-11,13H2,(H,22,23,26). The monoisotopic (exact) mass is 425 g/mol. The molecule has 6 nitrogen and oxygen atoms in total. The summed E-state index contributed by atoms with van der Waals surface area (Å²) in [5.74, 6) is -0.246. The fraction of sp³-hybridized carbons (Fsp3) is 0.238. The highest BCUT2D eigenvalue weighted by atomic mass is 32.1. The van der Waals surface area contributed by atoms with Gasteiger partial charge in [0.2, 0.25) is 5.91 Å². The van der Waals surface area contributed by atoms with E-state index in [-0.39, 0.29) is 30.4 Å². The highest BCUT2D eigenvalue weighted by Crippen LogP contribution is 2.29. The summed E-state index contributed by atoms with van der Waals surface area (Å²) in [6, 6.07) is 12.8. The molecule has 3 aromatic rings. The molecule has 0 atom stereocenters. The van der Waals surface area contributed by atoms with Gasteiger partial charge in [-0.05, 0) is 23.6 Å². The van der Waals surface area contributed by atoms with E-state index in [9.17, 15) is 14.4 Å². The summed E-state index contributed by atoms with van der Waals surface area (Å²) in [7, 11) is 0. The zero-order valence-electron chi connectivity index (χ0n) is 15.6. The second-order valence-electron chi connectivity index (χ2n) is 6.68. The number of benzene rings is 1. The van der Waals surface area contributed by atoms with E-state index in [1.807, 2.05) is 41.8 Å². The summed E-state index contributed by atoms with van der Waals surface area (Å²) in [5, 5.41) is 5.16. The molecule has 2 aromatic heterocycles. The number of carbonyl (C=O) groups excluding carboxylic acids is 3. The molecule has 0 unspecified atom stereocenters. The number of hydrogen-bond donors (Lipinski definition) is 1. The molecule has 0 spiro atoms. The lowest BCUT2D eigenvalue weighted by molar-refractivity contribution is -0.116. The molecule has 2 amide bonds. The van der Waals surface area contributed by atoms with Crippen molar-refractivity contribution in [3.05, 3.63) is 68.9 Å². The number of nitrogens with zero attached hydrogens (tertiary/aromatic N) is 2. The largest absolute Gasteiger partial charge is 0.333 e. The van der Waals surface area contributed by atoms with E-state index >= 15 is 0 Å². The van der Waals surface area contributed by atoms with Gasteiger partial charge in [0.25, 0.3) is 5.91 Å². The molecule has 0 saturated carbocycles. The Morgan fingerprint density at radius 1 is 1.07 bits per heavy atom. The average Bonchev–Trinajstić information content (AvgIpc) is 3.41. The van der Waals surface area contributed by atoms with Crippen LogP contribution in [0, 0.1) is 0 Å². The van der Waals surface area contributed by atoms with Crippen molar-refractivity contribution in [2.24, 2.45) is 0 Å². The minimum absolute atomic E-state index is 0.00215. The van der Waals surface area contributed by atoms with Gasteiger partial charge in [-0.15, -0.1) is 11.3 Å². The Morgan fingerprint density at radius 2 is 1.90 bits per heavy atom. The van der Waals surface area contributed by atoms with E-state index in [0.29, 0.717) is 35.1 Å². The van der Waals surface area contributed by atoms with Crippen LogP contribution in [0.15, 0.2) is 47.8 Å². The van der Waals surface area contributed by atoms with Crippen LogP contribution >= 0.6 is 22.7 Å². The fourth-order valence-corrected chi connectivity index (χ4v) is 4.89. The van der Waals surface area contributed by atoms with E-state index < -0.39 is 0 Å². The SMILES string of the molecule is O=C(CCC(=O)c1cccs1)Nc1nc2c(s1)CN(C(=O)c1ccccc1)CC2. The van der Waals surface area contributed by atoms with E-state index in [4.69, 9.17) is 0 Å². The molecule has 3 heterocycles. The molecular weight excluding hydrogens is 406 g/mol. The normalized spacial score (nSPS) is 13.0. The van der Waals surface area contributed by atoms with Crippen LogP contribution in [0.4, 0.5) is 5.13 Å². The van der Waals surface area contributed by atoms with Crippen LogP contribution in [0.2, 0.25) is 0 Å². The number of thiophene rings is 1. The van der Waals surface area contributed by atoms with Crippen molar-refractivity contribution in [3.63, 3.8) is 0 Å². The number of amides is 2. The van der Waals surface area contributed by atoms with E-state index in [1.165, 1.54) is 22.7 Å². The van der Waals surface area contributed by atoms with Crippen LogP contribution in [0.1, 0.15) is 43.4 Å². The van der Waals surface area contributed by atoms with Crippen LogP contribution in [-0.2, 0) is 17.8 Å². The number of hydrogen-bond acceptors (Lipinski definition) is 6. The molecule has 4 rings (SSSR count). The number of fused-ring (bicyclic) bond motifs is 1. The molecule has 148 valence electrons. The van der Waals surface area contributed by atoms with Crippen LogP contribution < -0.4 is 5.32 Å². The predicted octanol–water partition coefficient (Wildman–Crippen LogP) is 4.00. The number of carbonyl (C=O) groups is 3. The van der Waals surface area contributed by atoms with E-state index in [1.54, 1.807) is 11.0 Å². The number of thiazole rings is 1. The Hall–Kier alpha value is -2.84. The maximum atomic E-state index is 12.6. The van der Waals surface area contributed by atoms with Crippen LogP contribution in [-0.4, -0.2) is 34.0 Å². The second-order valence-corrected chi connectivity index (χ2v) is 8.71. The topological polar surface area (TPSA) is 79.4 Å². The van der Waals surface area contributed by atoms with E-state index in [2.05, 4.69) is 10.3 Å². The Bertz CT molecular complexity index is 1030. The first-order valence-corrected chi connectivity index (χ1v) is 11.0. The molecule has 1 aliphatic heterocycles. The molecule has 0 bridgehead atoms. The van der Waals surface area contributed by atoms with Gasteiger partial charge in [-0.25, -0.2) is 4.98 Å². The maximum absolute atomic E-state index is 12.6. The third kappa shape index (κ3) is 4.60. The first kappa shape index (κ1) is 19.5. The molecule has 29 heavy (non-hydrogen) atoms. The van der Waals surface area contributed by atoms with Gasteiger partial charge >= 0.3 is 0 Å². The summed E-state index contributed by atoms with van der Waals surface area (Å²) < 4.78 is 0. The van der Waals surface area contributed by atoms with Gasteiger partial charge in [0.15, 0.2) is 10.9 Å². The first-order valence-electron chi connectivity index (χ1n) is 9.29. The molecule has 0 aliphatic carbocycles. The summed E-state index contributed by atoms with van der Waals surface area (Å²) in [5.41, 5.74) is 1.60. The summed E-state index contributed by atoms with van der Waals surface area (Å²) >= 11 is 2.77. The van der Waals surface area contributed by atoms with Gasteiger partial charge in [0, 0.05) is 36.2 Å². The third-order valence-corrected chi connectivity index (χ3v) is 6.57. The third-order valence-electron chi connectivity index (χ3n) is 4.66. The summed E-state index contributed by atoms with van der Waals surface area (Å²) in [4.78, 5) is 44.8. The Kier molecular flexibility index (Phi) is 5.82. The zero-order valence-corrected chi connectivity index (χ0v) is 17.2. The lowest BCUT2D eigenvalue weighted by atomic mass is 10.1. The predicted molar refractivity (Wildman–Crippen MR) is 114 cm³/mol. The second kappa shape index (κ2) is 8.67. The fourth-order valence-electron chi connectivity index (χ4n) is 3.15. The number of Topliss-reactive ketones (excluding diaryl/α,β-unsaturated/α-hetero) is 1. The van der Waals surface area contributed by atoms with Gasteiger partial charge in [-0.1, -0.05) is 35.6 Å². The molecule has 0 fully saturated rings. The number of rotatable bonds is 6. The van der Waals surface area contributed by atoms with Crippen LogP contribution in [0.5, 0.6) is 0 Å². The average molecular weight is 426 g/mol. The highest BCUT2D eigenvalue weighted by Gasteiger charge is 2.25. The van der Waals surface area contributed by atoms with Crippen molar-refractivity contribution in [2.75, 3.05) is 11.9 Å². The maximum Gasteiger partial charge on any atom is 0.254 e. The van der Waals surface area contributed by atoms with Crippen LogP contribution in [0.25, 0.3) is 0 Å². The summed E-state index contributed by atoms with van der Waals surface area (Å²) in [6.45, 7) is 1.10. The minimum atomic E-state index is -0.224. The van der Waals surface area contributed by atoms with Crippen molar-refractivity contribution >= 4 is 45.4 Å². The van der Waals surface area contributed by atoms with Crippen molar-refractivity contribution in [1.29, 1.82) is 0 Å². The molecular formula is C21H19N3O3S2. The van der Waals surface area contributed by atoms with Gasteiger partial charge in [0.05, 0.1) is 17.1 Å². The lowest BCUT2D eigenvalue weighted by Crippen LogP contribution is -2.35. The number of nitrogens with one attached hydrogen (secondary N) is 1. The van der Waals surface area contributed by atoms with E-state index in [0.717, 1.165) is 10.6 Å². The van der Waals surface area contributed by atoms with Gasteiger partial charge in [0.1, 0.15) is 0 Å². The van der Waals surface area contributed by atoms with Gasteiger partial charge in [-0.3, -0.25) is 14.4 Å². The highest BCUT2D eigenvalue weighted by molar-refractivity contribution is 7.15. The van der Waals surface area contributed by atoms with Gasteiger partial charge in [-0.2, -0.15) is 0 Å². The quantitative estimate of drug-likeness (QED) is 0.606.